The number of anilines is 1. The summed E-state index contributed by atoms with van der Waals surface area (Å²) >= 11 is 0. The summed E-state index contributed by atoms with van der Waals surface area (Å²) in [7, 11) is -0.724. The predicted molar refractivity (Wildman–Crippen MR) is 107 cm³/mol. The molecule has 1 aliphatic heterocycles. The lowest BCUT2D eigenvalue weighted by Gasteiger charge is -2.23. The maximum absolute atomic E-state index is 12.6. The van der Waals surface area contributed by atoms with Gasteiger partial charge in [0, 0.05) is 25.7 Å². The maximum atomic E-state index is 12.6. The largest absolute Gasteiger partial charge is 0.492 e. The molecule has 0 radical (unpaired) electrons. The number of sulfonamides is 1. The van der Waals surface area contributed by atoms with Crippen molar-refractivity contribution in [2.24, 2.45) is 11.3 Å². The van der Waals surface area contributed by atoms with Gasteiger partial charge >= 0.3 is 0 Å². The molecule has 1 aliphatic carbocycles. The Kier molecular flexibility index (Phi) is 6.78. The second kappa shape index (κ2) is 8.34. The molecule has 1 aromatic rings. The standard InChI is InChI=1S/C18H27N3O4S.ClH/c1-4-25-15-6-5-13(11-16(15)26(23,24)21(2)3)20-17(22)14-12-18(14)7-9-19-10-8-18;/h5-6,11,14,19H,4,7-10,12H2,1-3H3,(H,20,22);1H. The summed E-state index contributed by atoms with van der Waals surface area (Å²) in [5, 5.41) is 6.22. The summed E-state index contributed by atoms with van der Waals surface area (Å²) in [5.74, 6) is 0.287. The van der Waals surface area contributed by atoms with E-state index in [2.05, 4.69) is 10.6 Å². The molecule has 1 atom stereocenters. The van der Waals surface area contributed by atoms with E-state index in [9.17, 15) is 13.2 Å². The highest BCUT2D eigenvalue weighted by Crippen LogP contribution is 2.58. The Hall–Kier alpha value is -1.35. The molecule has 1 saturated heterocycles. The zero-order valence-electron chi connectivity index (χ0n) is 15.9. The van der Waals surface area contributed by atoms with Gasteiger partial charge in [0.1, 0.15) is 10.6 Å². The number of halogens is 1. The van der Waals surface area contributed by atoms with Gasteiger partial charge in [-0.1, -0.05) is 0 Å². The van der Waals surface area contributed by atoms with E-state index in [4.69, 9.17) is 4.74 Å². The number of benzene rings is 1. The summed E-state index contributed by atoms with van der Waals surface area (Å²) in [4.78, 5) is 12.7. The summed E-state index contributed by atoms with van der Waals surface area (Å²) in [6.45, 7) is 4.07. The van der Waals surface area contributed by atoms with Gasteiger partial charge in [-0.3, -0.25) is 4.79 Å². The first-order chi connectivity index (χ1) is 12.3. The monoisotopic (exact) mass is 417 g/mol. The number of carbonyl (C=O) groups excluding carboxylic acids is 1. The first-order valence-corrected chi connectivity index (χ1v) is 10.4. The zero-order chi connectivity index (χ0) is 18.9. The number of ether oxygens (including phenoxy) is 1. The quantitative estimate of drug-likeness (QED) is 0.739. The molecule has 1 spiro atoms. The number of nitrogens with zero attached hydrogens (tertiary/aromatic N) is 1. The number of amides is 1. The van der Waals surface area contributed by atoms with Crippen LogP contribution in [0.1, 0.15) is 26.2 Å². The Morgan fingerprint density at radius 1 is 1.33 bits per heavy atom. The van der Waals surface area contributed by atoms with Gasteiger partial charge in [-0.05, 0) is 62.9 Å². The fraction of sp³-hybridized carbons (Fsp3) is 0.611. The average Bonchev–Trinajstić information content (AvgIpc) is 3.30. The van der Waals surface area contributed by atoms with E-state index < -0.39 is 10.0 Å². The number of carbonyl (C=O) groups is 1. The fourth-order valence-corrected chi connectivity index (χ4v) is 4.73. The molecule has 2 N–H and O–H groups in total. The highest BCUT2D eigenvalue weighted by atomic mass is 35.5. The molecule has 27 heavy (non-hydrogen) atoms. The second-order valence-corrected chi connectivity index (χ2v) is 9.36. The van der Waals surface area contributed by atoms with Crippen LogP contribution in [0.3, 0.4) is 0 Å². The van der Waals surface area contributed by atoms with E-state index in [1.807, 2.05) is 0 Å². The van der Waals surface area contributed by atoms with Crippen molar-refractivity contribution in [3.05, 3.63) is 18.2 Å². The minimum atomic E-state index is -3.67. The molecule has 0 bridgehead atoms. The van der Waals surface area contributed by atoms with Crippen LogP contribution in [0.4, 0.5) is 5.69 Å². The van der Waals surface area contributed by atoms with E-state index in [1.54, 1.807) is 19.1 Å². The Labute approximate surface area is 167 Å². The topological polar surface area (TPSA) is 87.7 Å². The van der Waals surface area contributed by atoms with Crippen LogP contribution in [0.15, 0.2) is 23.1 Å². The Bertz CT molecular complexity index is 792. The molecule has 3 rings (SSSR count). The van der Waals surface area contributed by atoms with Crippen molar-refractivity contribution in [2.45, 2.75) is 31.1 Å². The van der Waals surface area contributed by atoms with Crippen LogP contribution in [0.5, 0.6) is 5.75 Å². The van der Waals surface area contributed by atoms with E-state index in [0.717, 1.165) is 36.7 Å². The maximum Gasteiger partial charge on any atom is 0.246 e. The molecular formula is C18H28ClN3O4S. The van der Waals surface area contributed by atoms with E-state index >= 15 is 0 Å². The van der Waals surface area contributed by atoms with Crippen LogP contribution in [0, 0.1) is 11.3 Å². The number of piperidine rings is 1. The molecule has 0 aromatic heterocycles. The van der Waals surface area contributed by atoms with Crippen molar-refractivity contribution in [3.63, 3.8) is 0 Å². The summed E-state index contributed by atoms with van der Waals surface area (Å²) in [6, 6.07) is 4.77. The Morgan fingerprint density at radius 3 is 2.59 bits per heavy atom. The van der Waals surface area contributed by atoms with Crippen LogP contribution in [0.2, 0.25) is 0 Å². The third kappa shape index (κ3) is 4.39. The van der Waals surface area contributed by atoms with Gasteiger partial charge in [-0.2, -0.15) is 0 Å². The molecule has 1 heterocycles. The number of hydrogen-bond donors (Lipinski definition) is 2. The normalized spacial score (nSPS) is 20.8. The van der Waals surface area contributed by atoms with Crippen molar-refractivity contribution in [3.8, 4) is 5.75 Å². The zero-order valence-corrected chi connectivity index (χ0v) is 17.6. The molecule has 2 aliphatic rings. The summed E-state index contributed by atoms with van der Waals surface area (Å²) in [6.07, 6.45) is 2.96. The van der Waals surface area contributed by atoms with Gasteiger partial charge in [0.05, 0.1) is 6.61 Å². The van der Waals surface area contributed by atoms with Crippen LogP contribution in [0.25, 0.3) is 0 Å². The molecule has 1 saturated carbocycles. The Balaban J connectivity index is 0.00000261. The van der Waals surface area contributed by atoms with Crippen molar-refractivity contribution in [2.75, 3.05) is 39.1 Å². The van der Waals surface area contributed by atoms with Crippen LogP contribution in [-0.2, 0) is 14.8 Å². The van der Waals surface area contributed by atoms with Crippen molar-refractivity contribution < 1.29 is 17.9 Å². The average molecular weight is 418 g/mol. The summed E-state index contributed by atoms with van der Waals surface area (Å²) in [5.41, 5.74) is 0.619. The van der Waals surface area contributed by atoms with E-state index in [0.29, 0.717) is 18.0 Å². The van der Waals surface area contributed by atoms with Gasteiger partial charge in [-0.25, -0.2) is 12.7 Å². The van der Waals surface area contributed by atoms with Gasteiger partial charge < -0.3 is 15.4 Å². The summed E-state index contributed by atoms with van der Waals surface area (Å²) < 4.78 is 31.8. The third-order valence-electron chi connectivity index (χ3n) is 5.38. The molecule has 1 aromatic carbocycles. The lowest BCUT2D eigenvalue weighted by molar-refractivity contribution is -0.118. The highest BCUT2D eigenvalue weighted by molar-refractivity contribution is 7.89. The molecule has 152 valence electrons. The molecule has 9 heteroatoms. The minimum absolute atomic E-state index is 0. The van der Waals surface area contributed by atoms with Gasteiger partial charge in [0.15, 0.2) is 0 Å². The Morgan fingerprint density at radius 2 is 2.00 bits per heavy atom. The number of nitrogens with one attached hydrogen (secondary N) is 2. The smallest absolute Gasteiger partial charge is 0.246 e. The number of hydrogen-bond acceptors (Lipinski definition) is 5. The molecule has 7 nitrogen and oxygen atoms in total. The van der Waals surface area contributed by atoms with Crippen molar-refractivity contribution in [1.29, 1.82) is 0 Å². The van der Waals surface area contributed by atoms with Crippen LogP contribution >= 0.6 is 12.4 Å². The van der Waals surface area contributed by atoms with Crippen molar-refractivity contribution in [1.82, 2.24) is 9.62 Å². The van der Waals surface area contributed by atoms with Gasteiger partial charge in [0.25, 0.3) is 0 Å². The second-order valence-electron chi connectivity index (χ2n) is 7.24. The minimum Gasteiger partial charge on any atom is -0.492 e. The number of rotatable bonds is 6. The highest BCUT2D eigenvalue weighted by Gasteiger charge is 2.57. The molecule has 2 fully saturated rings. The van der Waals surface area contributed by atoms with E-state index in [-0.39, 0.29) is 34.5 Å². The van der Waals surface area contributed by atoms with Gasteiger partial charge in [0.2, 0.25) is 15.9 Å². The predicted octanol–water partition coefficient (Wildman–Crippen LogP) is 2.09. The fourth-order valence-electron chi connectivity index (χ4n) is 3.68. The van der Waals surface area contributed by atoms with Crippen molar-refractivity contribution >= 4 is 34.0 Å². The van der Waals surface area contributed by atoms with Crippen LogP contribution in [-0.4, -0.2) is 52.4 Å². The molecular weight excluding hydrogens is 390 g/mol. The first kappa shape index (κ1) is 21.9. The molecule has 1 unspecified atom stereocenters. The van der Waals surface area contributed by atoms with Gasteiger partial charge in [-0.15, -0.1) is 12.4 Å². The SMILES string of the molecule is CCOc1ccc(NC(=O)C2CC23CCNCC3)cc1S(=O)(=O)N(C)C.Cl. The van der Waals surface area contributed by atoms with Crippen LogP contribution < -0.4 is 15.4 Å². The lowest BCUT2D eigenvalue weighted by Crippen LogP contribution is -2.31. The lowest BCUT2D eigenvalue weighted by atomic mass is 9.92. The molecule has 1 amide bonds. The first-order valence-electron chi connectivity index (χ1n) is 9.01. The third-order valence-corrected chi connectivity index (χ3v) is 7.21. The van der Waals surface area contributed by atoms with E-state index in [1.165, 1.54) is 20.2 Å².